The zero-order valence-electron chi connectivity index (χ0n) is 11.3. The number of hydrogen-bond donors (Lipinski definition) is 1. The topological polar surface area (TPSA) is 58.6 Å². The zero-order chi connectivity index (χ0) is 13.9. The molecule has 106 valence electrons. The van der Waals surface area contributed by atoms with E-state index in [1.807, 2.05) is 12.1 Å². The summed E-state index contributed by atoms with van der Waals surface area (Å²) in [6, 6.07) is 7.46. The van der Waals surface area contributed by atoms with Crippen LogP contribution in [0.1, 0.15) is 13.8 Å². The molecular formula is C13H20N2O3S. The first kappa shape index (κ1) is 14.1. The van der Waals surface area contributed by atoms with Crippen LogP contribution in [0.25, 0.3) is 0 Å². The summed E-state index contributed by atoms with van der Waals surface area (Å²) >= 11 is 0. The highest BCUT2D eigenvalue weighted by atomic mass is 32.2. The molecular weight excluding hydrogens is 264 g/mol. The second kappa shape index (κ2) is 5.79. The number of nitrogens with one attached hydrogen (secondary N) is 1. The van der Waals surface area contributed by atoms with Crippen LogP contribution < -0.4 is 9.62 Å². The molecule has 0 amide bonds. The van der Waals surface area contributed by atoms with E-state index in [0.717, 1.165) is 25.4 Å². The van der Waals surface area contributed by atoms with Crippen LogP contribution >= 0.6 is 0 Å². The molecule has 0 bridgehead atoms. The second-order valence-electron chi connectivity index (χ2n) is 4.68. The highest BCUT2D eigenvalue weighted by Gasteiger charge is 2.17. The summed E-state index contributed by atoms with van der Waals surface area (Å²) in [5, 5.41) is 0. The van der Waals surface area contributed by atoms with Crippen LogP contribution in [0, 0.1) is 0 Å². The summed E-state index contributed by atoms with van der Waals surface area (Å²) in [6.07, 6.45) is 0.229. The van der Waals surface area contributed by atoms with Gasteiger partial charge in [-0.1, -0.05) is 0 Å². The van der Waals surface area contributed by atoms with Crippen molar-refractivity contribution in [3.8, 4) is 0 Å². The molecule has 19 heavy (non-hydrogen) atoms. The molecule has 1 unspecified atom stereocenters. The van der Waals surface area contributed by atoms with E-state index in [4.69, 9.17) is 4.74 Å². The third-order valence-electron chi connectivity index (χ3n) is 3.13. The van der Waals surface area contributed by atoms with Gasteiger partial charge < -0.3 is 9.64 Å². The molecule has 5 nitrogen and oxygen atoms in total. The first-order valence-electron chi connectivity index (χ1n) is 6.47. The standard InChI is InChI=1S/C13H20N2O3S/c1-3-19(16,17)14-12-4-6-13(7-5-12)15-8-9-18-11(2)10-15/h4-7,11,14H,3,8-10H2,1-2H3. The molecule has 0 spiro atoms. The van der Waals surface area contributed by atoms with Crippen molar-refractivity contribution in [2.75, 3.05) is 35.1 Å². The number of benzene rings is 1. The van der Waals surface area contributed by atoms with E-state index in [1.54, 1.807) is 19.1 Å². The molecule has 1 aliphatic rings. The molecule has 1 aliphatic heterocycles. The highest BCUT2D eigenvalue weighted by molar-refractivity contribution is 7.92. The third-order valence-corrected chi connectivity index (χ3v) is 4.43. The first-order chi connectivity index (χ1) is 9.00. The molecule has 1 atom stereocenters. The number of sulfonamides is 1. The summed E-state index contributed by atoms with van der Waals surface area (Å²) in [5.74, 6) is 0.0791. The van der Waals surface area contributed by atoms with Crippen LogP contribution in [0.4, 0.5) is 11.4 Å². The van der Waals surface area contributed by atoms with Gasteiger partial charge in [0, 0.05) is 24.5 Å². The van der Waals surface area contributed by atoms with E-state index < -0.39 is 10.0 Å². The smallest absolute Gasteiger partial charge is 0.232 e. The highest BCUT2D eigenvalue weighted by Crippen LogP contribution is 2.20. The number of morpholine rings is 1. The van der Waals surface area contributed by atoms with E-state index in [0.29, 0.717) is 5.69 Å². The Morgan fingerprint density at radius 2 is 2.05 bits per heavy atom. The molecule has 0 aromatic heterocycles. The average Bonchev–Trinajstić information content (AvgIpc) is 2.39. The van der Waals surface area contributed by atoms with E-state index in [9.17, 15) is 8.42 Å². The Morgan fingerprint density at radius 1 is 1.37 bits per heavy atom. The van der Waals surface area contributed by atoms with Crippen molar-refractivity contribution >= 4 is 21.4 Å². The van der Waals surface area contributed by atoms with Gasteiger partial charge in [-0.05, 0) is 38.1 Å². The van der Waals surface area contributed by atoms with Gasteiger partial charge in [-0.2, -0.15) is 0 Å². The van der Waals surface area contributed by atoms with Crippen molar-refractivity contribution in [1.29, 1.82) is 0 Å². The Balaban J connectivity index is 2.06. The number of anilines is 2. The molecule has 1 saturated heterocycles. The number of nitrogens with zero attached hydrogens (tertiary/aromatic N) is 1. The Labute approximate surface area is 114 Å². The lowest BCUT2D eigenvalue weighted by Gasteiger charge is -2.33. The molecule has 1 aromatic carbocycles. The fraction of sp³-hybridized carbons (Fsp3) is 0.538. The quantitative estimate of drug-likeness (QED) is 0.914. The summed E-state index contributed by atoms with van der Waals surface area (Å²) in [7, 11) is -3.20. The van der Waals surface area contributed by atoms with E-state index in [1.165, 1.54) is 0 Å². The molecule has 0 aliphatic carbocycles. The number of ether oxygens (including phenoxy) is 1. The van der Waals surface area contributed by atoms with Crippen molar-refractivity contribution in [3.05, 3.63) is 24.3 Å². The minimum absolute atomic E-state index is 0.0791. The molecule has 6 heteroatoms. The van der Waals surface area contributed by atoms with Crippen molar-refractivity contribution < 1.29 is 13.2 Å². The lowest BCUT2D eigenvalue weighted by Crippen LogP contribution is -2.41. The Kier molecular flexibility index (Phi) is 4.31. The lowest BCUT2D eigenvalue weighted by molar-refractivity contribution is 0.0532. The fourth-order valence-electron chi connectivity index (χ4n) is 2.04. The van der Waals surface area contributed by atoms with Gasteiger partial charge in [-0.25, -0.2) is 8.42 Å². The summed E-state index contributed by atoms with van der Waals surface area (Å²) in [5.41, 5.74) is 1.70. The summed E-state index contributed by atoms with van der Waals surface area (Å²) in [4.78, 5) is 2.24. The van der Waals surface area contributed by atoms with Crippen molar-refractivity contribution in [2.45, 2.75) is 20.0 Å². The van der Waals surface area contributed by atoms with Crippen molar-refractivity contribution in [3.63, 3.8) is 0 Å². The normalized spacial score (nSPS) is 20.3. The number of rotatable bonds is 4. The second-order valence-corrected chi connectivity index (χ2v) is 6.69. The van der Waals surface area contributed by atoms with Gasteiger partial charge >= 0.3 is 0 Å². The Hall–Kier alpha value is -1.27. The van der Waals surface area contributed by atoms with Gasteiger partial charge in [0.25, 0.3) is 0 Å². The minimum Gasteiger partial charge on any atom is -0.375 e. The van der Waals surface area contributed by atoms with Crippen LogP contribution in [0.15, 0.2) is 24.3 Å². The van der Waals surface area contributed by atoms with E-state index in [2.05, 4.69) is 16.5 Å². The predicted molar refractivity (Wildman–Crippen MR) is 77.2 cm³/mol. The molecule has 1 heterocycles. The third kappa shape index (κ3) is 3.84. The Bertz CT molecular complexity index is 513. The monoisotopic (exact) mass is 284 g/mol. The molecule has 0 saturated carbocycles. The largest absolute Gasteiger partial charge is 0.375 e. The predicted octanol–water partition coefficient (Wildman–Crippen LogP) is 1.67. The van der Waals surface area contributed by atoms with Crippen molar-refractivity contribution in [2.24, 2.45) is 0 Å². The van der Waals surface area contributed by atoms with Crippen LogP contribution in [-0.2, 0) is 14.8 Å². The maximum absolute atomic E-state index is 11.5. The fourth-order valence-corrected chi connectivity index (χ4v) is 2.68. The summed E-state index contributed by atoms with van der Waals surface area (Å²) < 4.78 is 31.0. The summed E-state index contributed by atoms with van der Waals surface area (Å²) in [6.45, 7) is 6.12. The average molecular weight is 284 g/mol. The number of hydrogen-bond acceptors (Lipinski definition) is 4. The van der Waals surface area contributed by atoms with Gasteiger partial charge in [0.15, 0.2) is 0 Å². The van der Waals surface area contributed by atoms with Crippen LogP contribution in [-0.4, -0.2) is 40.0 Å². The van der Waals surface area contributed by atoms with Crippen molar-refractivity contribution in [1.82, 2.24) is 0 Å². The van der Waals surface area contributed by atoms with E-state index >= 15 is 0 Å². The van der Waals surface area contributed by atoms with Gasteiger partial charge in [0.05, 0.1) is 18.5 Å². The molecule has 1 fully saturated rings. The zero-order valence-corrected chi connectivity index (χ0v) is 12.1. The molecule has 1 N–H and O–H groups in total. The first-order valence-corrected chi connectivity index (χ1v) is 8.12. The van der Waals surface area contributed by atoms with Gasteiger partial charge in [-0.3, -0.25) is 4.72 Å². The van der Waals surface area contributed by atoms with Crippen LogP contribution in [0.3, 0.4) is 0 Å². The van der Waals surface area contributed by atoms with Gasteiger partial charge in [-0.15, -0.1) is 0 Å². The molecule has 0 radical (unpaired) electrons. The maximum Gasteiger partial charge on any atom is 0.232 e. The van der Waals surface area contributed by atoms with Gasteiger partial charge in [0.1, 0.15) is 0 Å². The van der Waals surface area contributed by atoms with Crippen LogP contribution in [0.5, 0.6) is 0 Å². The SMILES string of the molecule is CCS(=O)(=O)Nc1ccc(N2CCOC(C)C2)cc1. The van der Waals surface area contributed by atoms with Gasteiger partial charge in [0.2, 0.25) is 10.0 Å². The Morgan fingerprint density at radius 3 is 2.63 bits per heavy atom. The molecule has 1 aromatic rings. The maximum atomic E-state index is 11.5. The molecule has 2 rings (SSSR count). The lowest BCUT2D eigenvalue weighted by atomic mass is 10.2. The minimum atomic E-state index is -3.20. The van der Waals surface area contributed by atoms with E-state index in [-0.39, 0.29) is 11.9 Å². The van der Waals surface area contributed by atoms with Crippen LogP contribution in [0.2, 0.25) is 0 Å².